The highest BCUT2D eigenvalue weighted by Gasteiger charge is 2.46. The first-order chi connectivity index (χ1) is 20.3. The molecule has 1 saturated carbocycles. The van der Waals surface area contributed by atoms with Crippen molar-refractivity contribution in [3.63, 3.8) is 0 Å². The second-order valence-electron chi connectivity index (χ2n) is 10.6. The highest BCUT2D eigenvalue weighted by molar-refractivity contribution is 5.34. The molecular weight excluding hydrogens is 592 g/mol. The van der Waals surface area contributed by atoms with Crippen LogP contribution in [0.25, 0.3) is 0 Å². The summed E-state index contributed by atoms with van der Waals surface area (Å²) in [6.07, 6.45) is -6.44. The normalized spacial score (nSPS) is 23.7. The van der Waals surface area contributed by atoms with Crippen LogP contribution in [0.15, 0.2) is 54.6 Å². The summed E-state index contributed by atoms with van der Waals surface area (Å²) in [6, 6.07) is 4.74. The van der Waals surface area contributed by atoms with Crippen molar-refractivity contribution >= 4 is 0 Å². The van der Waals surface area contributed by atoms with Gasteiger partial charge in [-0.3, -0.25) is 0 Å². The molecule has 2 aliphatic rings. The lowest BCUT2D eigenvalue weighted by atomic mass is 9.80. The van der Waals surface area contributed by atoms with Crippen molar-refractivity contribution in [3.05, 3.63) is 66.0 Å². The Hall–Kier alpha value is -3.06. The average molecular weight is 625 g/mol. The van der Waals surface area contributed by atoms with Gasteiger partial charge in [0.25, 0.3) is 0 Å². The van der Waals surface area contributed by atoms with Crippen molar-refractivity contribution < 1.29 is 58.8 Å². The summed E-state index contributed by atoms with van der Waals surface area (Å²) in [5.41, 5.74) is -1.28. The van der Waals surface area contributed by atoms with E-state index in [0.717, 1.165) is 43.2 Å². The van der Waals surface area contributed by atoms with Gasteiger partial charge in [-0.25, -0.2) is 4.39 Å². The third kappa shape index (κ3) is 9.21. The maximum absolute atomic E-state index is 15.0. The molecule has 2 aromatic carbocycles. The number of alkyl halides is 7. The Bertz CT molecular complexity index is 1200. The van der Waals surface area contributed by atoms with Crippen LogP contribution < -0.4 is 14.2 Å². The molecule has 43 heavy (non-hydrogen) atoms. The molecular formula is C30H32F8O5. The Morgan fingerprint density at radius 2 is 1.37 bits per heavy atom. The van der Waals surface area contributed by atoms with Gasteiger partial charge in [-0.2, -0.15) is 17.6 Å². The zero-order valence-electron chi connectivity index (χ0n) is 23.2. The minimum absolute atomic E-state index is 0.0455. The van der Waals surface area contributed by atoms with Crippen LogP contribution in [0.1, 0.15) is 51.0 Å². The maximum Gasteiger partial charge on any atom is 0.573 e. The Morgan fingerprint density at radius 1 is 0.791 bits per heavy atom. The van der Waals surface area contributed by atoms with Crippen LogP contribution in [0.5, 0.6) is 17.2 Å². The minimum atomic E-state index is -4.98. The molecule has 0 spiro atoms. The number of hydrogen-bond acceptors (Lipinski definition) is 5. The Kier molecular flexibility index (Phi) is 10.5. The number of halogens is 8. The molecule has 0 N–H and O–H groups in total. The van der Waals surface area contributed by atoms with E-state index in [1.54, 1.807) is 0 Å². The van der Waals surface area contributed by atoms with Crippen LogP contribution in [0.3, 0.4) is 0 Å². The van der Waals surface area contributed by atoms with Gasteiger partial charge < -0.3 is 23.7 Å². The fraction of sp³-hybridized carbons (Fsp3) is 0.533. The van der Waals surface area contributed by atoms with E-state index in [9.17, 15) is 35.1 Å². The smallest absolute Gasteiger partial charge is 0.432 e. The van der Waals surface area contributed by atoms with Crippen molar-refractivity contribution in [2.24, 2.45) is 17.8 Å². The van der Waals surface area contributed by atoms with Gasteiger partial charge in [0, 0.05) is 17.9 Å². The summed E-state index contributed by atoms with van der Waals surface area (Å²) in [5.74, 6) is -4.43. The van der Waals surface area contributed by atoms with E-state index in [-0.39, 0.29) is 24.7 Å². The molecule has 0 radical (unpaired) electrons. The maximum atomic E-state index is 15.0. The predicted octanol–water partition coefficient (Wildman–Crippen LogP) is 8.98. The molecule has 1 saturated heterocycles. The standard InChI is InChI=1S/C30H32F8O5/c1-2-3-4-5-19-17-39-27(40-18-19)20-6-8-21(9-7-20)28(32,33)42-24-14-15-25(26(31)16-24)29(34,35)41-22-10-12-23(13-11-22)43-30(36,37)38/h2-3,10-16,19-21,27H,4-9,17-18H2,1H3/b3-2+. The molecule has 0 bridgehead atoms. The van der Waals surface area contributed by atoms with Gasteiger partial charge in [0.2, 0.25) is 0 Å². The van der Waals surface area contributed by atoms with Crippen LogP contribution in [0.2, 0.25) is 0 Å². The quantitative estimate of drug-likeness (QED) is 0.185. The summed E-state index contributed by atoms with van der Waals surface area (Å²) in [4.78, 5) is 0. The highest BCUT2D eigenvalue weighted by atomic mass is 19.4. The number of rotatable bonds is 11. The van der Waals surface area contributed by atoms with E-state index in [2.05, 4.69) is 15.5 Å². The number of hydrogen-bond donors (Lipinski definition) is 0. The van der Waals surface area contributed by atoms with Gasteiger partial charge in [0.15, 0.2) is 6.29 Å². The lowest BCUT2D eigenvalue weighted by Crippen LogP contribution is -2.42. The summed E-state index contributed by atoms with van der Waals surface area (Å²) in [5, 5.41) is 0. The monoisotopic (exact) mass is 624 g/mol. The van der Waals surface area contributed by atoms with E-state index in [4.69, 9.17) is 14.2 Å². The molecule has 1 aliphatic carbocycles. The largest absolute Gasteiger partial charge is 0.573 e. The van der Waals surface area contributed by atoms with E-state index in [1.165, 1.54) is 0 Å². The van der Waals surface area contributed by atoms with E-state index in [0.29, 0.717) is 38.2 Å². The van der Waals surface area contributed by atoms with Gasteiger partial charge in [0.05, 0.1) is 19.1 Å². The fourth-order valence-electron chi connectivity index (χ4n) is 5.17. The second kappa shape index (κ2) is 13.7. The van der Waals surface area contributed by atoms with Gasteiger partial charge in [-0.1, -0.05) is 12.2 Å². The van der Waals surface area contributed by atoms with E-state index >= 15 is 0 Å². The molecule has 0 atom stereocenters. The number of benzene rings is 2. The molecule has 0 amide bonds. The lowest BCUT2D eigenvalue weighted by molar-refractivity contribution is -0.274. The van der Waals surface area contributed by atoms with Crippen LogP contribution in [-0.4, -0.2) is 32.0 Å². The topological polar surface area (TPSA) is 46.2 Å². The summed E-state index contributed by atoms with van der Waals surface area (Å²) >= 11 is 0. The Balaban J connectivity index is 1.29. The van der Waals surface area contributed by atoms with Crippen LogP contribution in [-0.2, 0) is 15.6 Å². The van der Waals surface area contributed by atoms with Crippen molar-refractivity contribution in [2.75, 3.05) is 13.2 Å². The Morgan fingerprint density at radius 3 is 1.93 bits per heavy atom. The van der Waals surface area contributed by atoms with Gasteiger partial charge in [-0.15, -0.1) is 13.2 Å². The molecule has 0 unspecified atom stereocenters. The first-order valence-corrected chi connectivity index (χ1v) is 13.9. The molecule has 1 aliphatic heterocycles. The van der Waals surface area contributed by atoms with Crippen LogP contribution in [0, 0.1) is 23.6 Å². The van der Waals surface area contributed by atoms with Gasteiger partial charge >= 0.3 is 18.6 Å². The van der Waals surface area contributed by atoms with Gasteiger partial charge in [-0.05, 0) is 81.8 Å². The zero-order valence-corrected chi connectivity index (χ0v) is 23.2. The van der Waals surface area contributed by atoms with E-state index < -0.39 is 59.4 Å². The molecule has 238 valence electrons. The summed E-state index contributed by atoms with van der Waals surface area (Å²) in [7, 11) is 0. The minimum Gasteiger partial charge on any atom is -0.432 e. The van der Waals surface area contributed by atoms with E-state index in [1.807, 2.05) is 13.0 Å². The molecule has 5 nitrogen and oxygen atoms in total. The fourth-order valence-corrected chi connectivity index (χ4v) is 5.17. The molecule has 1 heterocycles. The van der Waals surface area contributed by atoms with Crippen molar-refractivity contribution in [2.45, 2.75) is 70.3 Å². The van der Waals surface area contributed by atoms with Crippen molar-refractivity contribution in [1.29, 1.82) is 0 Å². The molecule has 2 fully saturated rings. The molecule has 0 aromatic heterocycles. The number of allylic oxidation sites excluding steroid dienone is 2. The summed E-state index contributed by atoms with van der Waals surface area (Å²) < 4.78 is 135. The average Bonchev–Trinajstić information content (AvgIpc) is 2.93. The SMILES string of the molecule is C/C=C/CCC1COC(C2CCC(C(F)(F)Oc3ccc(C(F)(F)Oc4ccc(OC(F)(F)F)cc4)c(F)c3)CC2)OC1. The van der Waals surface area contributed by atoms with Crippen LogP contribution >= 0.6 is 0 Å². The highest BCUT2D eigenvalue weighted by Crippen LogP contribution is 2.43. The predicted molar refractivity (Wildman–Crippen MR) is 138 cm³/mol. The zero-order chi connectivity index (χ0) is 31.3. The number of ether oxygens (including phenoxy) is 5. The first-order valence-electron chi connectivity index (χ1n) is 13.9. The molecule has 4 rings (SSSR count). The lowest BCUT2D eigenvalue weighted by Gasteiger charge is -2.39. The van der Waals surface area contributed by atoms with Crippen molar-refractivity contribution in [3.8, 4) is 17.2 Å². The molecule has 13 heteroatoms. The molecule has 2 aromatic rings. The summed E-state index contributed by atoms with van der Waals surface area (Å²) in [6.45, 7) is 3.06. The third-order valence-electron chi connectivity index (χ3n) is 7.41. The Labute approximate surface area is 243 Å². The first kappa shape index (κ1) is 32.8. The van der Waals surface area contributed by atoms with Crippen LogP contribution in [0.4, 0.5) is 35.1 Å². The van der Waals surface area contributed by atoms with Gasteiger partial charge in [0.1, 0.15) is 28.6 Å². The second-order valence-corrected chi connectivity index (χ2v) is 10.6. The third-order valence-corrected chi connectivity index (χ3v) is 7.41. The van der Waals surface area contributed by atoms with Crippen molar-refractivity contribution in [1.82, 2.24) is 0 Å².